The van der Waals surface area contributed by atoms with Gasteiger partial charge in [0.05, 0.1) is 10.2 Å². The molecule has 2 aromatic carbocycles. The summed E-state index contributed by atoms with van der Waals surface area (Å²) in [5.74, 6) is 0.417. The molecule has 0 saturated heterocycles. The Hall–Kier alpha value is -1.92. The van der Waals surface area contributed by atoms with Crippen molar-refractivity contribution in [1.82, 2.24) is 4.98 Å². The van der Waals surface area contributed by atoms with Gasteiger partial charge in [-0.25, -0.2) is 4.98 Å². The fraction of sp³-hybridized carbons (Fsp3) is 0.125. The van der Waals surface area contributed by atoms with Crippen molar-refractivity contribution in [2.75, 3.05) is 11.9 Å². The second kappa shape index (κ2) is 6.46. The Balaban J connectivity index is 1.63. The molecule has 3 aromatic rings. The Labute approximate surface area is 140 Å². The number of benzene rings is 2. The quantitative estimate of drug-likeness (QED) is 0.734. The van der Waals surface area contributed by atoms with Gasteiger partial charge in [0.2, 0.25) is 0 Å². The number of aromatic nitrogens is 1. The first-order valence-corrected chi connectivity index (χ1v) is 8.26. The van der Waals surface area contributed by atoms with E-state index in [2.05, 4.69) is 32.3 Å². The van der Waals surface area contributed by atoms with Gasteiger partial charge in [-0.1, -0.05) is 39.4 Å². The van der Waals surface area contributed by atoms with Crippen LogP contribution in [0, 0.1) is 6.92 Å². The molecular formula is C16H13BrN2O2S. The summed E-state index contributed by atoms with van der Waals surface area (Å²) in [6.45, 7) is 1.98. The maximum Gasteiger partial charge on any atom is 0.264 e. The minimum absolute atomic E-state index is 0.0502. The normalized spacial score (nSPS) is 10.6. The molecule has 0 unspecified atom stereocenters. The van der Waals surface area contributed by atoms with E-state index in [1.165, 1.54) is 16.9 Å². The van der Waals surface area contributed by atoms with Crippen molar-refractivity contribution in [1.29, 1.82) is 0 Å². The SMILES string of the molecule is Cc1ccc2nc(NC(=O)COc3cccc(Br)c3)sc2c1. The van der Waals surface area contributed by atoms with Crippen molar-refractivity contribution >= 4 is 48.5 Å². The molecule has 0 atom stereocenters. The molecule has 0 saturated carbocycles. The molecule has 0 fully saturated rings. The Morgan fingerprint density at radius 1 is 1.32 bits per heavy atom. The second-order valence-electron chi connectivity index (χ2n) is 4.78. The van der Waals surface area contributed by atoms with Gasteiger partial charge in [-0.3, -0.25) is 10.1 Å². The molecule has 0 spiro atoms. The molecule has 1 heterocycles. The third kappa shape index (κ3) is 3.64. The smallest absolute Gasteiger partial charge is 0.264 e. The van der Waals surface area contributed by atoms with Gasteiger partial charge in [-0.05, 0) is 42.8 Å². The minimum atomic E-state index is -0.226. The van der Waals surface area contributed by atoms with Crippen molar-refractivity contribution in [3.8, 4) is 5.75 Å². The number of aryl methyl sites for hydroxylation is 1. The molecule has 0 aliphatic carbocycles. The van der Waals surface area contributed by atoms with E-state index in [9.17, 15) is 4.79 Å². The lowest BCUT2D eigenvalue weighted by atomic mass is 10.2. The monoisotopic (exact) mass is 376 g/mol. The van der Waals surface area contributed by atoms with Crippen LogP contribution in [0.25, 0.3) is 10.2 Å². The van der Waals surface area contributed by atoms with E-state index in [0.717, 1.165) is 14.7 Å². The summed E-state index contributed by atoms with van der Waals surface area (Å²) >= 11 is 4.82. The largest absolute Gasteiger partial charge is 0.484 e. The fourth-order valence-corrected chi connectivity index (χ4v) is 3.30. The lowest BCUT2D eigenvalue weighted by Crippen LogP contribution is -2.19. The highest BCUT2D eigenvalue weighted by Gasteiger charge is 2.08. The topological polar surface area (TPSA) is 51.2 Å². The predicted molar refractivity (Wildman–Crippen MR) is 92.6 cm³/mol. The summed E-state index contributed by atoms with van der Waals surface area (Å²) in [4.78, 5) is 16.3. The van der Waals surface area contributed by atoms with Crippen molar-refractivity contribution in [2.45, 2.75) is 6.92 Å². The first-order chi connectivity index (χ1) is 10.6. The van der Waals surface area contributed by atoms with Crippen LogP contribution in [0.4, 0.5) is 5.13 Å². The van der Waals surface area contributed by atoms with Crippen LogP contribution >= 0.6 is 27.3 Å². The van der Waals surface area contributed by atoms with Gasteiger partial charge in [0.25, 0.3) is 5.91 Å². The van der Waals surface area contributed by atoms with Gasteiger partial charge in [0, 0.05) is 4.47 Å². The van der Waals surface area contributed by atoms with Crippen LogP contribution in [0.1, 0.15) is 5.56 Å². The molecule has 22 heavy (non-hydrogen) atoms. The number of carbonyl (C=O) groups is 1. The van der Waals surface area contributed by atoms with Gasteiger partial charge in [-0.2, -0.15) is 0 Å². The Morgan fingerprint density at radius 3 is 3.00 bits per heavy atom. The highest BCUT2D eigenvalue weighted by molar-refractivity contribution is 9.10. The first-order valence-electron chi connectivity index (χ1n) is 6.65. The van der Waals surface area contributed by atoms with Crippen LogP contribution < -0.4 is 10.1 Å². The zero-order valence-corrected chi connectivity index (χ0v) is 14.2. The number of nitrogens with zero attached hydrogens (tertiary/aromatic N) is 1. The second-order valence-corrected chi connectivity index (χ2v) is 6.73. The van der Waals surface area contributed by atoms with Gasteiger partial charge in [-0.15, -0.1) is 0 Å². The Morgan fingerprint density at radius 2 is 2.18 bits per heavy atom. The number of amides is 1. The molecule has 1 N–H and O–H groups in total. The summed E-state index contributed by atoms with van der Waals surface area (Å²) in [6.07, 6.45) is 0. The van der Waals surface area contributed by atoms with Gasteiger partial charge >= 0.3 is 0 Å². The maximum atomic E-state index is 11.9. The van der Waals surface area contributed by atoms with Crippen molar-refractivity contribution in [3.05, 3.63) is 52.5 Å². The summed E-state index contributed by atoms with van der Waals surface area (Å²) in [5.41, 5.74) is 2.06. The van der Waals surface area contributed by atoms with Crippen molar-refractivity contribution < 1.29 is 9.53 Å². The number of anilines is 1. The number of nitrogens with one attached hydrogen (secondary N) is 1. The van der Waals surface area contributed by atoms with E-state index in [1.54, 1.807) is 6.07 Å². The van der Waals surface area contributed by atoms with Gasteiger partial charge in [0.1, 0.15) is 5.75 Å². The van der Waals surface area contributed by atoms with E-state index in [-0.39, 0.29) is 12.5 Å². The third-order valence-corrected chi connectivity index (χ3v) is 4.38. The number of halogens is 1. The van der Waals surface area contributed by atoms with Crippen LogP contribution in [0.3, 0.4) is 0 Å². The van der Waals surface area contributed by atoms with E-state index >= 15 is 0 Å². The lowest BCUT2D eigenvalue weighted by molar-refractivity contribution is -0.118. The summed E-state index contributed by atoms with van der Waals surface area (Å²) in [5, 5.41) is 3.35. The molecule has 4 nitrogen and oxygen atoms in total. The fourth-order valence-electron chi connectivity index (χ4n) is 1.95. The number of ether oxygens (including phenoxy) is 1. The zero-order valence-electron chi connectivity index (χ0n) is 11.8. The molecule has 1 amide bonds. The van der Waals surface area contributed by atoms with Crippen LogP contribution in [-0.2, 0) is 4.79 Å². The molecule has 3 rings (SSSR count). The number of hydrogen-bond donors (Lipinski definition) is 1. The molecule has 0 aliphatic heterocycles. The standard InChI is InChI=1S/C16H13BrN2O2S/c1-10-5-6-13-14(7-10)22-16(18-13)19-15(20)9-21-12-4-2-3-11(17)8-12/h2-8H,9H2,1H3,(H,18,19,20). The Bertz CT molecular complexity index is 832. The number of rotatable bonds is 4. The lowest BCUT2D eigenvalue weighted by Gasteiger charge is -2.05. The van der Waals surface area contributed by atoms with Crippen LogP contribution in [0.2, 0.25) is 0 Å². The molecule has 112 valence electrons. The zero-order chi connectivity index (χ0) is 15.5. The summed E-state index contributed by atoms with van der Waals surface area (Å²) in [7, 11) is 0. The summed E-state index contributed by atoms with van der Waals surface area (Å²) in [6, 6.07) is 13.4. The third-order valence-electron chi connectivity index (χ3n) is 2.96. The van der Waals surface area contributed by atoms with E-state index in [4.69, 9.17) is 4.74 Å². The van der Waals surface area contributed by atoms with E-state index < -0.39 is 0 Å². The number of carbonyl (C=O) groups excluding carboxylic acids is 1. The molecule has 1 aromatic heterocycles. The number of fused-ring (bicyclic) bond motifs is 1. The first kappa shape index (κ1) is 15.0. The molecule has 6 heteroatoms. The maximum absolute atomic E-state index is 11.9. The highest BCUT2D eigenvalue weighted by atomic mass is 79.9. The van der Waals surface area contributed by atoms with E-state index in [1.807, 2.05) is 37.3 Å². The summed E-state index contributed by atoms with van der Waals surface area (Å²) < 4.78 is 7.42. The minimum Gasteiger partial charge on any atom is -0.484 e. The Kier molecular flexibility index (Phi) is 4.40. The molecular weight excluding hydrogens is 364 g/mol. The number of thiazole rings is 1. The van der Waals surface area contributed by atoms with Crippen molar-refractivity contribution in [3.63, 3.8) is 0 Å². The van der Waals surface area contributed by atoms with Gasteiger partial charge < -0.3 is 4.74 Å². The average molecular weight is 377 g/mol. The van der Waals surface area contributed by atoms with Crippen LogP contribution in [0.5, 0.6) is 5.75 Å². The van der Waals surface area contributed by atoms with E-state index in [0.29, 0.717) is 10.9 Å². The van der Waals surface area contributed by atoms with Crippen LogP contribution in [0.15, 0.2) is 46.9 Å². The predicted octanol–water partition coefficient (Wildman–Crippen LogP) is 4.38. The highest BCUT2D eigenvalue weighted by Crippen LogP contribution is 2.26. The van der Waals surface area contributed by atoms with Crippen molar-refractivity contribution in [2.24, 2.45) is 0 Å². The molecule has 0 radical (unpaired) electrons. The van der Waals surface area contributed by atoms with Gasteiger partial charge in [0.15, 0.2) is 11.7 Å². The molecule has 0 bridgehead atoms. The number of hydrogen-bond acceptors (Lipinski definition) is 4. The molecule has 0 aliphatic rings. The van der Waals surface area contributed by atoms with Crippen LogP contribution in [-0.4, -0.2) is 17.5 Å². The average Bonchev–Trinajstić information content (AvgIpc) is 2.86.